The zero-order chi connectivity index (χ0) is 17.8. The summed E-state index contributed by atoms with van der Waals surface area (Å²) in [6, 6.07) is 8.14. The minimum absolute atomic E-state index is 0.0620. The summed E-state index contributed by atoms with van der Waals surface area (Å²) in [6.07, 6.45) is 3.27. The van der Waals surface area contributed by atoms with Gasteiger partial charge in [-0.2, -0.15) is 0 Å². The number of benzene rings is 1. The van der Waals surface area contributed by atoms with Crippen molar-refractivity contribution in [3.8, 4) is 0 Å². The molecule has 2 heterocycles. The summed E-state index contributed by atoms with van der Waals surface area (Å²) in [4.78, 5) is 17.5. The molecule has 6 heteroatoms. The van der Waals surface area contributed by atoms with E-state index in [1.807, 2.05) is 24.1 Å². The first-order chi connectivity index (χ1) is 12.1. The number of thiocarbonyl (C=S) groups is 1. The normalized spacial score (nSPS) is 17.0. The maximum Gasteiger partial charge on any atom is 0.253 e. The monoisotopic (exact) mass is 359 g/mol. The summed E-state index contributed by atoms with van der Waals surface area (Å²) in [5.41, 5.74) is 2.78. The summed E-state index contributed by atoms with van der Waals surface area (Å²) >= 11 is 5.44. The van der Waals surface area contributed by atoms with Crippen LogP contribution in [0, 0.1) is 0 Å². The lowest BCUT2D eigenvalue weighted by atomic mass is 10.1. The molecule has 0 spiro atoms. The third-order valence-corrected chi connectivity index (χ3v) is 5.17. The van der Waals surface area contributed by atoms with E-state index in [0.29, 0.717) is 18.2 Å². The molecule has 1 atom stereocenters. The third-order valence-electron chi connectivity index (χ3n) is 4.70. The highest BCUT2D eigenvalue weighted by atomic mass is 32.1. The van der Waals surface area contributed by atoms with Gasteiger partial charge in [-0.1, -0.05) is 13.0 Å². The van der Waals surface area contributed by atoms with Crippen molar-refractivity contribution in [1.29, 1.82) is 0 Å². The van der Waals surface area contributed by atoms with Gasteiger partial charge in [-0.25, -0.2) is 0 Å². The number of ether oxygens (including phenoxy) is 1. The van der Waals surface area contributed by atoms with Gasteiger partial charge in [-0.15, -0.1) is 0 Å². The molecule has 0 bridgehead atoms. The minimum atomic E-state index is -0.0620. The van der Waals surface area contributed by atoms with Crippen LogP contribution in [0.5, 0.6) is 0 Å². The number of fused-ring (bicyclic) bond motifs is 1. The summed E-state index contributed by atoms with van der Waals surface area (Å²) in [5, 5.41) is 4.72. The smallest absolute Gasteiger partial charge is 0.253 e. The lowest BCUT2D eigenvalue weighted by molar-refractivity contribution is 0.0898. The van der Waals surface area contributed by atoms with E-state index in [1.54, 1.807) is 0 Å². The standard InChI is InChI=1S/C19H25N3O2S/c1-3-13-6-7-17-14(9-13)10-15(18(23)21-17)11-22(19(25)20-2)12-16-5-4-8-24-16/h6-7,9-10,16H,3-5,8,11-12H2,1-2H3,(H,20,25)(H,21,23)/t16-/m1/s1. The van der Waals surface area contributed by atoms with Crippen LogP contribution in [0.4, 0.5) is 0 Å². The maximum absolute atomic E-state index is 12.5. The van der Waals surface area contributed by atoms with Crippen molar-refractivity contribution in [2.75, 3.05) is 20.2 Å². The second kappa shape index (κ2) is 7.97. The number of aryl methyl sites for hydroxylation is 1. The van der Waals surface area contributed by atoms with Gasteiger partial charge in [0.15, 0.2) is 5.11 Å². The van der Waals surface area contributed by atoms with Gasteiger partial charge in [-0.05, 0) is 60.6 Å². The van der Waals surface area contributed by atoms with Crippen molar-refractivity contribution < 1.29 is 4.74 Å². The average molecular weight is 359 g/mol. The predicted molar refractivity (Wildman–Crippen MR) is 105 cm³/mol. The van der Waals surface area contributed by atoms with Crippen LogP contribution in [0.15, 0.2) is 29.1 Å². The molecule has 2 N–H and O–H groups in total. The van der Waals surface area contributed by atoms with Gasteiger partial charge >= 0.3 is 0 Å². The Morgan fingerprint density at radius 3 is 2.96 bits per heavy atom. The van der Waals surface area contributed by atoms with Crippen LogP contribution < -0.4 is 10.9 Å². The first-order valence-corrected chi connectivity index (χ1v) is 9.24. The van der Waals surface area contributed by atoms with E-state index in [0.717, 1.165) is 42.3 Å². The van der Waals surface area contributed by atoms with Crippen LogP contribution in [0.1, 0.15) is 30.9 Å². The molecule has 1 aliphatic rings. The summed E-state index contributed by atoms with van der Waals surface area (Å²) in [5.74, 6) is 0. The molecular weight excluding hydrogens is 334 g/mol. The third kappa shape index (κ3) is 4.19. The fraction of sp³-hybridized carbons (Fsp3) is 0.474. The molecule has 1 fully saturated rings. The molecule has 0 saturated carbocycles. The molecule has 0 radical (unpaired) electrons. The molecule has 0 amide bonds. The van der Waals surface area contributed by atoms with E-state index in [9.17, 15) is 4.79 Å². The first-order valence-electron chi connectivity index (χ1n) is 8.83. The summed E-state index contributed by atoms with van der Waals surface area (Å²) in [6.45, 7) is 4.11. The van der Waals surface area contributed by atoms with E-state index in [4.69, 9.17) is 17.0 Å². The number of rotatable bonds is 5. The largest absolute Gasteiger partial charge is 0.376 e. The fourth-order valence-electron chi connectivity index (χ4n) is 3.26. The fourth-order valence-corrected chi connectivity index (χ4v) is 3.39. The molecule has 25 heavy (non-hydrogen) atoms. The number of hydrogen-bond acceptors (Lipinski definition) is 3. The van der Waals surface area contributed by atoms with Crippen LogP contribution >= 0.6 is 12.2 Å². The van der Waals surface area contributed by atoms with Crippen molar-refractivity contribution >= 4 is 28.2 Å². The Bertz CT molecular complexity index is 812. The molecule has 0 aliphatic carbocycles. The number of H-pyrrole nitrogens is 1. The topological polar surface area (TPSA) is 57.4 Å². The molecule has 1 aromatic heterocycles. The van der Waals surface area contributed by atoms with Crippen molar-refractivity contribution in [2.45, 2.75) is 38.8 Å². The predicted octanol–water partition coefficient (Wildman–Crippen LogP) is 2.58. The van der Waals surface area contributed by atoms with Crippen LogP contribution in [0.3, 0.4) is 0 Å². The Hall–Kier alpha value is -1.92. The summed E-state index contributed by atoms with van der Waals surface area (Å²) < 4.78 is 5.73. The number of aromatic amines is 1. The molecule has 134 valence electrons. The van der Waals surface area contributed by atoms with E-state index in [1.165, 1.54) is 5.56 Å². The van der Waals surface area contributed by atoms with Crippen molar-refractivity contribution in [2.24, 2.45) is 0 Å². The number of hydrogen-bond donors (Lipinski definition) is 2. The van der Waals surface area contributed by atoms with E-state index < -0.39 is 0 Å². The minimum Gasteiger partial charge on any atom is -0.376 e. The zero-order valence-corrected chi connectivity index (χ0v) is 15.6. The van der Waals surface area contributed by atoms with Gasteiger partial charge in [-0.3, -0.25) is 4.79 Å². The number of nitrogens with zero attached hydrogens (tertiary/aromatic N) is 1. The Labute approximate surface area is 153 Å². The molecule has 1 aromatic carbocycles. The Morgan fingerprint density at radius 2 is 2.28 bits per heavy atom. The lowest BCUT2D eigenvalue weighted by Crippen LogP contribution is -2.42. The number of nitrogens with one attached hydrogen (secondary N) is 2. The van der Waals surface area contributed by atoms with Crippen LogP contribution in [0.2, 0.25) is 0 Å². The van der Waals surface area contributed by atoms with Gasteiger partial charge < -0.3 is 19.9 Å². The van der Waals surface area contributed by atoms with Gasteiger partial charge in [0, 0.05) is 31.3 Å². The highest BCUT2D eigenvalue weighted by Crippen LogP contribution is 2.17. The van der Waals surface area contributed by atoms with Gasteiger partial charge in [0.2, 0.25) is 0 Å². The van der Waals surface area contributed by atoms with Crippen molar-refractivity contribution in [3.05, 3.63) is 45.7 Å². The van der Waals surface area contributed by atoms with E-state index in [2.05, 4.69) is 29.4 Å². The number of aromatic nitrogens is 1. The van der Waals surface area contributed by atoms with Gasteiger partial charge in [0.1, 0.15) is 0 Å². The quantitative estimate of drug-likeness (QED) is 0.804. The Kier molecular flexibility index (Phi) is 5.71. The molecule has 1 saturated heterocycles. The lowest BCUT2D eigenvalue weighted by Gasteiger charge is -2.27. The second-order valence-corrected chi connectivity index (χ2v) is 6.86. The van der Waals surface area contributed by atoms with Gasteiger partial charge in [0.05, 0.1) is 12.6 Å². The zero-order valence-electron chi connectivity index (χ0n) is 14.8. The van der Waals surface area contributed by atoms with Gasteiger partial charge in [0.25, 0.3) is 5.56 Å². The summed E-state index contributed by atoms with van der Waals surface area (Å²) in [7, 11) is 1.81. The maximum atomic E-state index is 12.5. The highest BCUT2D eigenvalue weighted by Gasteiger charge is 2.21. The van der Waals surface area contributed by atoms with E-state index >= 15 is 0 Å². The first kappa shape index (κ1) is 17.9. The molecule has 0 unspecified atom stereocenters. The van der Waals surface area contributed by atoms with Crippen LogP contribution in [-0.4, -0.2) is 41.3 Å². The molecule has 5 nitrogen and oxygen atoms in total. The second-order valence-electron chi connectivity index (χ2n) is 6.47. The average Bonchev–Trinajstić information content (AvgIpc) is 3.13. The molecular formula is C19H25N3O2S. The van der Waals surface area contributed by atoms with Crippen LogP contribution in [0.25, 0.3) is 10.9 Å². The van der Waals surface area contributed by atoms with Crippen molar-refractivity contribution in [3.63, 3.8) is 0 Å². The van der Waals surface area contributed by atoms with Crippen molar-refractivity contribution in [1.82, 2.24) is 15.2 Å². The SMILES string of the molecule is CCc1ccc2[nH]c(=O)c(CN(C[C@H]3CCCO3)C(=S)NC)cc2c1. The molecule has 3 rings (SSSR count). The Balaban J connectivity index is 1.88. The Morgan fingerprint density at radius 1 is 1.44 bits per heavy atom. The van der Waals surface area contributed by atoms with Crippen LogP contribution in [-0.2, 0) is 17.7 Å². The van der Waals surface area contributed by atoms with E-state index in [-0.39, 0.29) is 11.7 Å². The molecule has 1 aliphatic heterocycles. The molecule has 2 aromatic rings. The highest BCUT2D eigenvalue weighted by molar-refractivity contribution is 7.80. The number of pyridine rings is 1.